The lowest BCUT2D eigenvalue weighted by molar-refractivity contribution is -0.127. The van der Waals surface area contributed by atoms with Crippen LogP contribution in [-0.2, 0) is 10.2 Å². The Balaban J connectivity index is 2.14. The molecule has 1 saturated carbocycles. The molecule has 110 valence electrons. The van der Waals surface area contributed by atoms with E-state index in [1.165, 1.54) is 19.3 Å². The van der Waals surface area contributed by atoms with E-state index in [9.17, 15) is 4.79 Å². The standard InChI is InChI=1S/C17H24BrNO/c1-16(2,14-9-5-3-6-10-14)15(20)19-17(13-18)11-7-4-8-12-17/h3,5-6,9-10H,4,7-8,11-13H2,1-2H3,(H,19,20). The fraction of sp³-hybridized carbons (Fsp3) is 0.588. The molecule has 0 aromatic heterocycles. The minimum atomic E-state index is -0.492. The molecule has 1 amide bonds. The maximum atomic E-state index is 12.8. The molecule has 1 fully saturated rings. The Kier molecular flexibility index (Phi) is 4.90. The van der Waals surface area contributed by atoms with E-state index in [0.29, 0.717) is 0 Å². The molecule has 0 unspecified atom stereocenters. The Bertz CT molecular complexity index is 449. The molecule has 1 aromatic carbocycles. The summed E-state index contributed by atoms with van der Waals surface area (Å²) >= 11 is 3.60. The van der Waals surface area contributed by atoms with Crippen LogP contribution >= 0.6 is 15.9 Å². The third kappa shape index (κ3) is 3.25. The van der Waals surface area contributed by atoms with Gasteiger partial charge in [-0.15, -0.1) is 0 Å². The molecule has 2 nitrogen and oxygen atoms in total. The largest absolute Gasteiger partial charge is 0.349 e. The van der Waals surface area contributed by atoms with E-state index in [2.05, 4.69) is 21.2 Å². The Morgan fingerprint density at radius 3 is 2.35 bits per heavy atom. The van der Waals surface area contributed by atoms with Gasteiger partial charge in [0.1, 0.15) is 0 Å². The van der Waals surface area contributed by atoms with Crippen LogP contribution in [-0.4, -0.2) is 16.8 Å². The summed E-state index contributed by atoms with van der Waals surface area (Å²) in [5.74, 6) is 0.130. The lowest BCUT2D eigenvalue weighted by atomic mass is 9.79. The molecule has 3 heteroatoms. The predicted molar refractivity (Wildman–Crippen MR) is 87.2 cm³/mol. The summed E-state index contributed by atoms with van der Waals surface area (Å²) in [5.41, 5.74) is 0.521. The van der Waals surface area contributed by atoms with Gasteiger partial charge >= 0.3 is 0 Å². The van der Waals surface area contributed by atoms with Gasteiger partial charge in [0.05, 0.1) is 5.41 Å². The van der Waals surface area contributed by atoms with Crippen LogP contribution in [0.1, 0.15) is 51.5 Å². The fourth-order valence-electron chi connectivity index (χ4n) is 2.90. The molecule has 2 rings (SSSR count). The Hall–Kier alpha value is -0.830. The number of carbonyl (C=O) groups excluding carboxylic acids is 1. The smallest absolute Gasteiger partial charge is 0.230 e. The van der Waals surface area contributed by atoms with Crippen molar-refractivity contribution < 1.29 is 4.79 Å². The first-order valence-corrected chi connectivity index (χ1v) is 8.56. The zero-order chi connectivity index (χ0) is 14.6. The normalized spacial score (nSPS) is 18.6. The highest BCUT2D eigenvalue weighted by Gasteiger charge is 2.38. The summed E-state index contributed by atoms with van der Waals surface area (Å²) < 4.78 is 0. The zero-order valence-corrected chi connectivity index (χ0v) is 14.0. The summed E-state index contributed by atoms with van der Waals surface area (Å²) in [7, 11) is 0. The van der Waals surface area contributed by atoms with E-state index in [1.54, 1.807) is 0 Å². The van der Waals surface area contributed by atoms with Crippen molar-refractivity contribution in [2.75, 3.05) is 5.33 Å². The molecule has 20 heavy (non-hydrogen) atoms. The number of alkyl halides is 1. The van der Waals surface area contributed by atoms with Crippen molar-refractivity contribution in [1.82, 2.24) is 5.32 Å². The highest BCUT2D eigenvalue weighted by Crippen LogP contribution is 2.32. The van der Waals surface area contributed by atoms with Gasteiger partial charge in [0.2, 0.25) is 5.91 Å². The molecule has 0 aliphatic heterocycles. The van der Waals surface area contributed by atoms with Gasteiger partial charge in [0.15, 0.2) is 0 Å². The molecule has 0 spiro atoms. The van der Waals surface area contributed by atoms with Crippen LogP contribution < -0.4 is 5.32 Å². The van der Waals surface area contributed by atoms with Gasteiger partial charge in [-0.25, -0.2) is 0 Å². The third-order valence-corrected chi connectivity index (χ3v) is 5.58. The van der Waals surface area contributed by atoms with Crippen molar-refractivity contribution in [2.45, 2.75) is 56.9 Å². The number of amides is 1. The number of hydrogen-bond acceptors (Lipinski definition) is 1. The lowest BCUT2D eigenvalue weighted by Gasteiger charge is -2.39. The van der Waals surface area contributed by atoms with Crippen LogP contribution in [0.4, 0.5) is 0 Å². The van der Waals surface area contributed by atoms with Crippen molar-refractivity contribution in [3.63, 3.8) is 0 Å². The maximum absolute atomic E-state index is 12.8. The summed E-state index contributed by atoms with van der Waals surface area (Å²) in [5, 5.41) is 4.18. The van der Waals surface area contributed by atoms with Crippen molar-refractivity contribution in [3.05, 3.63) is 35.9 Å². The number of halogens is 1. The molecule has 0 heterocycles. The summed E-state index contributed by atoms with van der Waals surface area (Å²) in [6, 6.07) is 10.0. The third-order valence-electron chi connectivity index (χ3n) is 4.51. The second-order valence-electron chi connectivity index (χ2n) is 6.42. The maximum Gasteiger partial charge on any atom is 0.230 e. The van der Waals surface area contributed by atoms with Gasteiger partial charge in [0.25, 0.3) is 0 Å². The summed E-state index contributed by atoms with van der Waals surface area (Å²) in [6.45, 7) is 4.00. The molecule has 1 N–H and O–H groups in total. The van der Waals surface area contributed by atoms with E-state index in [-0.39, 0.29) is 11.4 Å². The van der Waals surface area contributed by atoms with Crippen LogP contribution in [0.3, 0.4) is 0 Å². The number of benzene rings is 1. The van der Waals surface area contributed by atoms with E-state index < -0.39 is 5.41 Å². The molecule has 0 saturated heterocycles. The first kappa shape index (κ1) is 15.6. The Morgan fingerprint density at radius 2 is 1.80 bits per heavy atom. The lowest BCUT2D eigenvalue weighted by Crippen LogP contribution is -2.55. The van der Waals surface area contributed by atoms with E-state index in [4.69, 9.17) is 0 Å². The molecule has 1 aromatic rings. The van der Waals surface area contributed by atoms with Gasteiger partial charge < -0.3 is 5.32 Å². The summed E-state index contributed by atoms with van der Waals surface area (Å²) in [6.07, 6.45) is 5.85. The van der Waals surface area contributed by atoms with Gasteiger partial charge in [0, 0.05) is 10.9 Å². The fourth-order valence-corrected chi connectivity index (χ4v) is 3.60. The molecule has 1 aliphatic carbocycles. The minimum absolute atomic E-state index is 0.0542. The first-order chi connectivity index (χ1) is 9.50. The van der Waals surface area contributed by atoms with Crippen molar-refractivity contribution in [1.29, 1.82) is 0 Å². The van der Waals surface area contributed by atoms with Gasteiger partial charge in [-0.2, -0.15) is 0 Å². The Morgan fingerprint density at radius 1 is 1.20 bits per heavy atom. The van der Waals surface area contributed by atoms with Gasteiger partial charge in [-0.1, -0.05) is 65.5 Å². The molecular formula is C17H24BrNO. The number of nitrogens with one attached hydrogen (secondary N) is 1. The second kappa shape index (κ2) is 6.30. The second-order valence-corrected chi connectivity index (χ2v) is 6.98. The van der Waals surface area contributed by atoms with E-state index in [0.717, 1.165) is 23.7 Å². The van der Waals surface area contributed by atoms with Gasteiger partial charge in [-0.3, -0.25) is 4.79 Å². The average molecular weight is 338 g/mol. The SMILES string of the molecule is CC(C)(C(=O)NC1(CBr)CCCCC1)c1ccccc1. The summed E-state index contributed by atoms with van der Waals surface area (Å²) in [4.78, 5) is 12.8. The van der Waals surface area contributed by atoms with Crippen molar-refractivity contribution in [3.8, 4) is 0 Å². The predicted octanol–water partition coefficient (Wildman–Crippen LogP) is 4.18. The van der Waals surface area contributed by atoms with Crippen LogP contribution in [0.2, 0.25) is 0 Å². The Labute approximate surface area is 130 Å². The number of carbonyl (C=O) groups is 1. The highest BCUT2D eigenvalue weighted by molar-refractivity contribution is 9.09. The van der Waals surface area contributed by atoms with Crippen LogP contribution in [0.25, 0.3) is 0 Å². The topological polar surface area (TPSA) is 29.1 Å². The van der Waals surface area contributed by atoms with Crippen molar-refractivity contribution in [2.24, 2.45) is 0 Å². The average Bonchev–Trinajstić information content (AvgIpc) is 2.49. The first-order valence-electron chi connectivity index (χ1n) is 7.44. The molecule has 1 aliphatic rings. The van der Waals surface area contributed by atoms with E-state index in [1.807, 2.05) is 44.2 Å². The van der Waals surface area contributed by atoms with E-state index >= 15 is 0 Å². The molecular weight excluding hydrogens is 314 g/mol. The zero-order valence-electron chi connectivity index (χ0n) is 12.4. The number of hydrogen-bond donors (Lipinski definition) is 1. The number of rotatable bonds is 4. The highest BCUT2D eigenvalue weighted by atomic mass is 79.9. The van der Waals surface area contributed by atoms with Crippen LogP contribution in [0, 0.1) is 0 Å². The van der Waals surface area contributed by atoms with Crippen LogP contribution in [0.15, 0.2) is 30.3 Å². The van der Waals surface area contributed by atoms with Crippen molar-refractivity contribution >= 4 is 21.8 Å². The molecule has 0 atom stereocenters. The quantitative estimate of drug-likeness (QED) is 0.820. The monoisotopic (exact) mass is 337 g/mol. The minimum Gasteiger partial charge on any atom is -0.349 e. The van der Waals surface area contributed by atoms with Crippen LogP contribution in [0.5, 0.6) is 0 Å². The molecule has 0 radical (unpaired) electrons. The molecule has 0 bridgehead atoms. The van der Waals surface area contributed by atoms with Gasteiger partial charge in [-0.05, 0) is 32.3 Å².